The van der Waals surface area contributed by atoms with Crippen LogP contribution in [0.3, 0.4) is 0 Å². The van der Waals surface area contributed by atoms with Crippen LogP contribution < -0.4 is 15.5 Å². The van der Waals surface area contributed by atoms with Crippen LogP contribution in [-0.4, -0.2) is 68.5 Å². The number of anilines is 1. The lowest BCUT2D eigenvalue weighted by Crippen LogP contribution is -2.35. The number of carbonyl (C=O) groups excluding carboxylic acids is 2. The van der Waals surface area contributed by atoms with Crippen LogP contribution >= 0.6 is 12.6 Å². The molecule has 1 fully saturated rings. The third-order valence-electron chi connectivity index (χ3n) is 12.3. The van der Waals surface area contributed by atoms with Crippen molar-refractivity contribution in [2.24, 2.45) is 17.8 Å². The molecule has 2 aromatic carbocycles. The third kappa shape index (κ3) is 9.78. The first kappa shape index (κ1) is 42.5. The number of allylic oxidation sites excluding steroid dienone is 8. The van der Waals surface area contributed by atoms with Gasteiger partial charge < -0.3 is 20.3 Å². The van der Waals surface area contributed by atoms with E-state index < -0.39 is 21.6 Å². The van der Waals surface area contributed by atoms with Gasteiger partial charge in [-0.25, -0.2) is 4.79 Å². The van der Waals surface area contributed by atoms with Gasteiger partial charge >= 0.3 is 6.09 Å². The van der Waals surface area contributed by atoms with Gasteiger partial charge in [-0.15, -0.1) is 12.6 Å². The minimum atomic E-state index is -4.31. The number of nitrogens with one attached hydrogen (secondary N) is 2. The van der Waals surface area contributed by atoms with Crippen molar-refractivity contribution < 1.29 is 31.9 Å². The van der Waals surface area contributed by atoms with Crippen LogP contribution in [0.15, 0.2) is 94.4 Å². The van der Waals surface area contributed by atoms with Gasteiger partial charge in [0.05, 0.1) is 16.9 Å². The Hall–Kier alpha value is -4.13. The van der Waals surface area contributed by atoms with Crippen molar-refractivity contribution in [2.75, 3.05) is 38.2 Å². The van der Waals surface area contributed by atoms with Gasteiger partial charge in [0.1, 0.15) is 7.05 Å². The summed E-state index contributed by atoms with van der Waals surface area (Å²) in [6.07, 6.45) is 22.0. The van der Waals surface area contributed by atoms with Crippen LogP contribution in [0.25, 0.3) is 0 Å². The number of amides is 2. The molecule has 306 valence electrons. The highest BCUT2D eigenvalue weighted by molar-refractivity contribution is 7.85. The summed E-state index contributed by atoms with van der Waals surface area (Å²) in [5.41, 5.74) is 5.61. The molecular weight excluding hydrogens is 757 g/mol. The molecule has 2 aliphatic heterocycles. The first-order valence-electron chi connectivity index (χ1n) is 20.3. The monoisotopic (exact) mass is 815 g/mol. The number of rotatable bonds is 15. The standard InChI is InChI=1S/C45H58N4O6S2/c1-44(2)37-29-32(57(52,53)54)22-24-38(37)48(5)40(44)18-12-8-13-19-41-45(3,4)36-28-31(56)21-23-39(36)49(41)27-15-9-14-20-42(50)46-25-26-47-43(51)55-30-35-33-16-10-6-7-11-17-34(33)35/h6-8,12-13,18-19,21-24,28-29,33-35H,9-11,14-17,20,25-27,30H2,1-5H3,(H3-,46,47,50,51,52,53,54,56)/p+1. The Labute approximate surface area is 344 Å². The summed E-state index contributed by atoms with van der Waals surface area (Å²) < 4.78 is 40.8. The summed E-state index contributed by atoms with van der Waals surface area (Å²) in [4.78, 5) is 27.9. The summed E-state index contributed by atoms with van der Waals surface area (Å²) in [5, 5.41) is 5.68. The number of alkyl carbamates (subject to hydrolysis) is 1. The lowest BCUT2D eigenvalue weighted by atomic mass is 9.81. The van der Waals surface area contributed by atoms with Gasteiger partial charge in [-0.05, 0) is 112 Å². The van der Waals surface area contributed by atoms with E-state index >= 15 is 0 Å². The van der Waals surface area contributed by atoms with Crippen molar-refractivity contribution in [3.63, 3.8) is 0 Å². The first-order valence-corrected chi connectivity index (χ1v) is 22.2. The first-order chi connectivity index (χ1) is 27.1. The molecule has 10 nitrogen and oxygen atoms in total. The largest absolute Gasteiger partial charge is 0.449 e. The van der Waals surface area contributed by atoms with E-state index in [1.54, 1.807) is 12.1 Å². The van der Waals surface area contributed by atoms with Gasteiger partial charge in [0.25, 0.3) is 10.1 Å². The Balaban J connectivity index is 0.966. The highest BCUT2D eigenvalue weighted by atomic mass is 32.2. The molecule has 2 aromatic rings. The molecule has 0 aromatic heterocycles. The van der Waals surface area contributed by atoms with E-state index in [0.717, 1.165) is 60.5 Å². The van der Waals surface area contributed by atoms with Crippen LogP contribution in [0.4, 0.5) is 16.2 Å². The summed E-state index contributed by atoms with van der Waals surface area (Å²) in [6, 6.07) is 11.0. The Kier molecular flexibility index (Phi) is 13.3. The fraction of sp³-hybridized carbons (Fsp3) is 0.489. The fourth-order valence-electron chi connectivity index (χ4n) is 9.09. The second-order valence-corrected chi connectivity index (χ2v) is 18.7. The SMILES string of the molecule is C[N+]1=C(C=CC=CC=C2N(CCCCCC(=O)NCCNC(=O)OCC3C4CCC=CCCC43)c3ccc(S)cc3C2(C)C)C(C)(C)c2cc(S(=O)(=O)O)ccc21. The highest BCUT2D eigenvalue weighted by Crippen LogP contribution is 2.53. The maximum atomic E-state index is 12.5. The minimum Gasteiger partial charge on any atom is -0.449 e. The van der Waals surface area contributed by atoms with Crippen LogP contribution in [-0.2, 0) is 30.5 Å². The molecule has 2 atom stereocenters. The van der Waals surface area contributed by atoms with E-state index in [2.05, 4.69) is 83.0 Å². The highest BCUT2D eigenvalue weighted by Gasteiger charge is 2.49. The lowest BCUT2D eigenvalue weighted by Gasteiger charge is -2.27. The summed E-state index contributed by atoms with van der Waals surface area (Å²) in [7, 11) is -2.34. The van der Waals surface area contributed by atoms with Crippen molar-refractivity contribution in [1.82, 2.24) is 10.6 Å². The van der Waals surface area contributed by atoms with E-state index in [1.807, 2.05) is 45.2 Å². The van der Waals surface area contributed by atoms with Gasteiger partial charge in [-0.2, -0.15) is 13.0 Å². The number of hydrogen-bond acceptors (Lipinski definition) is 7. The summed E-state index contributed by atoms with van der Waals surface area (Å²) >= 11 is 4.64. The zero-order valence-electron chi connectivity index (χ0n) is 34.0. The number of thiol groups is 1. The van der Waals surface area contributed by atoms with Crippen LogP contribution in [0, 0.1) is 17.8 Å². The van der Waals surface area contributed by atoms with Gasteiger partial charge in [0, 0.05) is 65.5 Å². The predicted molar refractivity (Wildman–Crippen MR) is 229 cm³/mol. The van der Waals surface area contributed by atoms with Gasteiger partial charge in [0.15, 0.2) is 5.71 Å². The second kappa shape index (κ2) is 17.8. The molecule has 3 N–H and O–H groups in total. The number of nitrogens with zero attached hydrogens (tertiary/aromatic N) is 2. The van der Waals surface area contributed by atoms with Crippen LogP contribution in [0.5, 0.6) is 0 Å². The average molecular weight is 816 g/mol. The number of carbonyl (C=O) groups is 2. The Bertz CT molecular complexity index is 2100. The molecule has 2 aliphatic carbocycles. The van der Waals surface area contributed by atoms with E-state index in [-0.39, 0.29) is 16.2 Å². The third-order valence-corrected chi connectivity index (χ3v) is 13.5. The predicted octanol–water partition coefficient (Wildman–Crippen LogP) is 8.42. The van der Waals surface area contributed by atoms with E-state index in [4.69, 9.17) is 4.74 Å². The number of benzene rings is 2. The summed E-state index contributed by atoms with van der Waals surface area (Å²) in [6.45, 7) is 10.6. The smallest absolute Gasteiger partial charge is 0.407 e. The maximum absolute atomic E-state index is 12.5. The second-order valence-electron chi connectivity index (χ2n) is 16.8. The van der Waals surface area contributed by atoms with Crippen molar-refractivity contribution >= 4 is 51.8 Å². The molecule has 2 unspecified atom stereocenters. The normalized spacial score (nSPS) is 22.7. The van der Waals surface area contributed by atoms with Crippen molar-refractivity contribution in [3.8, 4) is 0 Å². The van der Waals surface area contributed by atoms with Gasteiger partial charge in [0.2, 0.25) is 11.6 Å². The van der Waals surface area contributed by atoms with E-state index in [9.17, 15) is 22.6 Å². The number of ether oxygens (including phenoxy) is 1. The minimum absolute atomic E-state index is 0.0159. The zero-order valence-corrected chi connectivity index (χ0v) is 35.7. The molecule has 1 saturated carbocycles. The topological polar surface area (TPSA) is 128 Å². The molecule has 2 amide bonds. The number of fused-ring (bicyclic) bond motifs is 3. The zero-order chi connectivity index (χ0) is 41.0. The lowest BCUT2D eigenvalue weighted by molar-refractivity contribution is -0.401. The average Bonchev–Trinajstić information content (AvgIpc) is 3.69. The maximum Gasteiger partial charge on any atom is 0.407 e. The van der Waals surface area contributed by atoms with E-state index in [0.29, 0.717) is 43.9 Å². The summed E-state index contributed by atoms with van der Waals surface area (Å²) in [5.74, 6) is 1.85. The number of hydrogen-bond donors (Lipinski definition) is 4. The fourth-order valence-corrected chi connectivity index (χ4v) is 9.80. The molecule has 0 bridgehead atoms. The molecule has 2 heterocycles. The molecular formula is C45H59N4O6S2+. The van der Waals surface area contributed by atoms with Crippen molar-refractivity contribution in [3.05, 3.63) is 95.8 Å². The van der Waals surface area contributed by atoms with Crippen molar-refractivity contribution in [2.45, 2.75) is 99.7 Å². The molecule has 4 aliphatic rings. The van der Waals surface area contributed by atoms with Crippen molar-refractivity contribution in [1.29, 1.82) is 0 Å². The van der Waals surface area contributed by atoms with Gasteiger partial charge in [-0.1, -0.05) is 50.6 Å². The molecule has 12 heteroatoms. The Morgan fingerprint density at radius 1 is 0.930 bits per heavy atom. The Morgan fingerprint density at radius 2 is 1.65 bits per heavy atom. The van der Waals surface area contributed by atoms with Crippen LogP contribution in [0.2, 0.25) is 0 Å². The molecule has 0 radical (unpaired) electrons. The Morgan fingerprint density at radius 3 is 2.37 bits per heavy atom. The van der Waals surface area contributed by atoms with Crippen LogP contribution in [0.1, 0.15) is 90.2 Å². The molecule has 6 rings (SSSR count). The molecule has 0 spiro atoms. The quantitative estimate of drug-likeness (QED) is 0.0355. The van der Waals surface area contributed by atoms with Gasteiger partial charge in [-0.3, -0.25) is 9.35 Å². The van der Waals surface area contributed by atoms with E-state index in [1.165, 1.54) is 35.9 Å². The number of unbranched alkanes of at least 4 members (excludes halogenated alkanes) is 2. The molecule has 0 saturated heterocycles. The molecule has 57 heavy (non-hydrogen) atoms.